The van der Waals surface area contributed by atoms with Crippen LogP contribution in [0.25, 0.3) is 10.2 Å². The number of anilines is 1. The second-order valence-corrected chi connectivity index (χ2v) is 6.65. The van der Waals surface area contributed by atoms with E-state index in [-0.39, 0.29) is 0 Å². The Morgan fingerprint density at radius 2 is 2.11 bits per heavy atom. The Labute approximate surface area is 119 Å². The molecule has 1 aliphatic heterocycles. The standard InChI is InChI=1S/C14H13N3S2/c1-9-10-3-6-18-12(10)2-5-17(9)13-11-4-7-19-14(11)16-8-15-13/h3-4,6-9H,2,5H2,1H3/t9-/m0/s1. The van der Waals surface area contributed by atoms with Gasteiger partial charge in [0.2, 0.25) is 0 Å². The first-order valence-corrected chi connectivity index (χ1v) is 8.11. The summed E-state index contributed by atoms with van der Waals surface area (Å²) in [5.74, 6) is 1.08. The normalized spacial score (nSPS) is 18.8. The maximum Gasteiger partial charge on any atom is 0.141 e. The van der Waals surface area contributed by atoms with Crippen molar-refractivity contribution in [3.63, 3.8) is 0 Å². The molecular formula is C14H13N3S2. The van der Waals surface area contributed by atoms with Gasteiger partial charge in [-0.1, -0.05) is 0 Å². The molecular weight excluding hydrogens is 274 g/mol. The number of hydrogen-bond donors (Lipinski definition) is 0. The molecule has 0 unspecified atom stereocenters. The van der Waals surface area contributed by atoms with Gasteiger partial charge in [-0.05, 0) is 41.8 Å². The van der Waals surface area contributed by atoms with Crippen molar-refractivity contribution >= 4 is 38.7 Å². The Morgan fingerprint density at radius 3 is 3.05 bits per heavy atom. The second-order valence-electron chi connectivity index (χ2n) is 4.76. The molecule has 0 aliphatic carbocycles. The Hall–Kier alpha value is -1.46. The fourth-order valence-electron chi connectivity index (χ4n) is 2.80. The fourth-order valence-corrected chi connectivity index (χ4v) is 4.49. The Morgan fingerprint density at radius 1 is 1.21 bits per heavy atom. The highest BCUT2D eigenvalue weighted by Crippen LogP contribution is 2.37. The minimum absolute atomic E-state index is 0.396. The van der Waals surface area contributed by atoms with Crippen LogP contribution < -0.4 is 4.90 Å². The van der Waals surface area contributed by atoms with Crippen molar-refractivity contribution in [3.8, 4) is 0 Å². The zero-order valence-corrected chi connectivity index (χ0v) is 12.2. The zero-order chi connectivity index (χ0) is 12.8. The largest absolute Gasteiger partial charge is 0.349 e. The average molecular weight is 287 g/mol. The van der Waals surface area contributed by atoms with Crippen LogP contribution in [0.2, 0.25) is 0 Å². The van der Waals surface area contributed by atoms with Gasteiger partial charge in [-0.2, -0.15) is 0 Å². The van der Waals surface area contributed by atoms with Gasteiger partial charge in [0.1, 0.15) is 17.0 Å². The SMILES string of the molecule is C[C@H]1c2ccsc2CCN1c1ncnc2sccc12. The maximum atomic E-state index is 4.54. The van der Waals surface area contributed by atoms with Gasteiger partial charge in [-0.25, -0.2) is 9.97 Å². The molecule has 0 saturated carbocycles. The molecule has 0 N–H and O–H groups in total. The Bertz CT molecular complexity index is 731. The molecule has 0 spiro atoms. The predicted molar refractivity (Wildman–Crippen MR) is 81.2 cm³/mol. The van der Waals surface area contributed by atoms with E-state index >= 15 is 0 Å². The van der Waals surface area contributed by atoms with Gasteiger partial charge in [0.05, 0.1) is 11.4 Å². The molecule has 4 heterocycles. The highest BCUT2D eigenvalue weighted by atomic mass is 32.1. The third-order valence-electron chi connectivity index (χ3n) is 3.79. The molecule has 3 aromatic heterocycles. The van der Waals surface area contributed by atoms with Crippen molar-refractivity contribution in [2.45, 2.75) is 19.4 Å². The number of aromatic nitrogens is 2. The molecule has 1 atom stereocenters. The first-order chi connectivity index (χ1) is 9.34. The highest BCUT2D eigenvalue weighted by Gasteiger charge is 2.26. The van der Waals surface area contributed by atoms with Crippen molar-refractivity contribution in [2.24, 2.45) is 0 Å². The lowest BCUT2D eigenvalue weighted by atomic mass is 10.0. The molecule has 3 nitrogen and oxygen atoms in total. The van der Waals surface area contributed by atoms with E-state index in [9.17, 15) is 0 Å². The molecule has 0 aromatic carbocycles. The van der Waals surface area contributed by atoms with E-state index in [4.69, 9.17) is 0 Å². The van der Waals surface area contributed by atoms with Crippen molar-refractivity contribution in [1.29, 1.82) is 0 Å². The molecule has 0 bridgehead atoms. The van der Waals surface area contributed by atoms with Crippen LogP contribution >= 0.6 is 22.7 Å². The van der Waals surface area contributed by atoms with Gasteiger partial charge in [-0.15, -0.1) is 22.7 Å². The molecule has 19 heavy (non-hydrogen) atoms. The summed E-state index contributed by atoms with van der Waals surface area (Å²) in [5.41, 5.74) is 1.46. The minimum Gasteiger partial charge on any atom is -0.349 e. The predicted octanol–water partition coefficient (Wildman–Crippen LogP) is 3.88. The van der Waals surface area contributed by atoms with Crippen molar-refractivity contribution in [2.75, 3.05) is 11.4 Å². The van der Waals surface area contributed by atoms with E-state index in [1.165, 1.54) is 15.8 Å². The highest BCUT2D eigenvalue weighted by molar-refractivity contribution is 7.16. The van der Waals surface area contributed by atoms with Crippen LogP contribution in [0.5, 0.6) is 0 Å². The average Bonchev–Trinajstić information content (AvgIpc) is 3.07. The molecule has 5 heteroatoms. The summed E-state index contributed by atoms with van der Waals surface area (Å²) in [4.78, 5) is 13.9. The minimum atomic E-state index is 0.396. The first kappa shape index (κ1) is 11.4. The first-order valence-electron chi connectivity index (χ1n) is 6.35. The van der Waals surface area contributed by atoms with Crippen molar-refractivity contribution in [1.82, 2.24) is 9.97 Å². The summed E-state index contributed by atoms with van der Waals surface area (Å²) in [6.45, 7) is 3.31. The molecule has 3 aromatic rings. The Balaban J connectivity index is 1.83. The maximum absolute atomic E-state index is 4.54. The van der Waals surface area contributed by atoms with Gasteiger partial charge in [0.15, 0.2) is 0 Å². The Kier molecular flexibility index (Phi) is 2.56. The number of nitrogens with zero attached hydrogens (tertiary/aromatic N) is 3. The van der Waals surface area contributed by atoms with E-state index in [1.807, 2.05) is 11.3 Å². The fraction of sp³-hybridized carbons (Fsp3) is 0.286. The van der Waals surface area contributed by atoms with Crippen LogP contribution in [-0.4, -0.2) is 16.5 Å². The molecule has 96 valence electrons. The summed E-state index contributed by atoms with van der Waals surface area (Å²) in [7, 11) is 0. The number of fused-ring (bicyclic) bond motifs is 2. The smallest absolute Gasteiger partial charge is 0.141 e. The topological polar surface area (TPSA) is 29.0 Å². The summed E-state index contributed by atoms with van der Waals surface area (Å²) in [6.07, 6.45) is 2.80. The van der Waals surface area contributed by atoms with E-state index in [1.54, 1.807) is 17.7 Å². The van der Waals surface area contributed by atoms with E-state index in [0.717, 1.165) is 23.6 Å². The van der Waals surface area contributed by atoms with Crippen molar-refractivity contribution in [3.05, 3.63) is 39.7 Å². The summed E-state index contributed by atoms with van der Waals surface area (Å²) >= 11 is 3.55. The van der Waals surface area contributed by atoms with Gasteiger partial charge in [-0.3, -0.25) is 0 Å². The number of thiophene rings is 2. The number of hydrogen-bond acceptors (Lipinski definition) is 5. The number of rotatable bonds is 1. The van der Waals surface area contributed by atoms with E-state index in [2.05, 4.69) is 44.7 Å². The van der Waals surface area contributed by atoms with Crippen LogP contribution in [0.4, 0.5) is 5.82 Å². The molecule has 0 saturated heterocycles. The van der Waals surface area contributed by atoms with Crippen LogP contribution in [0, 0.1) is 0 Å². The summed E-state index contributed by atoms with van der Waals surface area (Å²) < 4.78 is 0. The van der Waals surface area contributed by atoms with Crippen LogP contribution in [-0.2, 0) is 6.42 Å². The molecule has 1 aliphatic rings. The third kappa shape index (κ3) is 1.69. The van der Waals surface area contributed by atoms with Crippen LogP contribution in [0.15, 0.2) is 29.2 Å². The quantitative estimate of drug-likeness (QED) is 0.680. The van der Waals surface area contributed by atoms with Gasteiger partial charge in [0, 0.05) is 11.4 Å². The van der Waals surface area contributed by atoms with Crippen LogP contribution in [0.3, 0.4) is 0 Å². The van der Waals surface area contributed by atoms with Gasteiger partial charge >= 0.3 is 0 Å². The molecule has 0 fully saturated rings. The summed E-state index contributed by atoms with van der Waals surface area (Å²) in [5, 5.41) is 5.47. The second kappa shape index (κ2) is 4.28. The third-order valence-corrected chi connectivity index (χ3v) is 5.61. The van der Waals surface area contributed by atoms with Gasteiger partial charge < -0.3 is 4.90 Å². The van der Waals surface area contributed by atoms with E-state index in [0.29, 0.717) is 6.04 Å². The summed E-state index contributed by atoms with van der Waals surface area (Å²) in [6, 6.07) is 4.78. The van der Waals surface area contributed by atoms with Crippen molar-refractivity contribution < 1.29 is 0 Å². The van der Waals surface area contributed by atoms with Crippen LogP contribution in [0.1, 0.15) is 23.4 Å². The monoisotopic (exact) mass is 287 g/mol. The zero-order valence-electron chi connectivity index (χ0n) is 10.5. The molecule has 4 rings (SSSR count). The van der Waals surface area contributed by atoms with E-state index < -0.39 is 0 Å². The molecule has 0 amide bonds. The lowest BCUT2D eigenvalue weighted by Crippen LogP contribution is -2.33. The lowest BCUT2D eigenvalue weighted by molar-refractivity contribution is 0.627. The lowest BCUT2D eigenvalue weighted by Gasteiger charge is -2.34. The van der Waals surface area contributed by atoms with Gasteiger partial charge in [0.25, 0.3) is 0 Å². The molecule has 0 radical (unpaired) electrons.